The van der Waals surface area contributed by atoms with Crippen molar-refractivity contribution in [1.82, 2.24) is 24.8 Å². The van der Waals surface area contributed by atoms with Gasteiger partial charge in [0.05, 0.1) is 6.04 Å². The fourth-order valence-corrected chi connectivity index (χ4v) is 9.77. The number of likely N-dealkylation sites (N-methyl/N-ethyl adjacent to an activating group) is 2. The summed E-state index contributed by atoms with van der Waals surface area (Å²) in [6.45, 7) is 8.36. The molecule has 2 atom stereocenters. The van der Waals surface area contributed by atoms with E-state index in [2.05, 4.69) is 25.6 Å². The molecular weight excluding hydrogens is 778 g/mol. The maximum absolute atomic E-state index is 15.1. The number of alkyl halides is 6. The summed E-state index contributed by atoms with van der Waals surface area (Å²) in [6.07, 6.45) is -3.89. The van der Waals surface area contributed by atoms with E-state index in [9.17, 15) is 22.3 Å². The van der Waals surface area contributed by atoms with E-state index in [-0.39, 0.29) is 35.4 Å². The van der Waals surface area contributed by atoms with Crippen LogP contribution in [-0.4, -0.2) is 117 Å². The predicted octanol–water partition coefficient (Wildman–Crippen LogP) is 7.22. The minimum Gasteiger partial charge on any atom is -0.353 e. The van der Waals surface area contributed by atoms with Crippen molar-refractivity contribution in [1.29, 1.82) is 0 Å². The molecule has 4 heterocycles. The molecule has 304 valence electrons. The van der Waals surface area contributed by atoms with Crippen LogP contribution in [-0.2, 0) is 27.6 Å². The van der Waals surface area contributed by atoms with Crippen molar-refractivity contribution in [3.05, 3.63) is 76.8 Å². The molecule has 2 aromatic heterocycles. The molecule has 0 saturated carbocycles. The summed E-state index contributed by atoms with van der Waals surface area (Å²) in [5.74, 6) is -0.298. The Labute approximate surface area is 323 Å². The molecule has 3 aliphatic rings. The van der Waals surface area contributed by atoms with Gasteiger partial charge in [-0.3, -0.25) is 0 Å². The Kier molecular flexibility index (Phi) is 12.0. The Hall–Kier alpha value is -3.91. The number of piperazine rings is 2. The van der Waals surface area contributed by atoms with Gasteiger partial charge in [0, 0.05) is 81.0 Å². The molecule has 1 aliphatic carbocycles. The van der Waals surface area contributed by atoms with Crippen molar-refractivity contribution in [3.8, 4) is 0 Å². The van der Waals surface area contributed by atoms with Crippen LogP contribution in [0.2, 0.25) is 0 Å². The highest BCUT2D eigenvalue weighted by atomic mass is 31.2. The molecule has 6 rings (SSSR count). The number of halogens is 6. The normalized spacial score (nSPS) is 20.1. The molecule has 19 heteroatoms. The summed E-state index contributed by atoms with van der Waals surface area (Å²) < 4.78 is 114. The summed E-state index contributed by atoms with van der Waals surface area (Å²) in [4.78, 5) is 19.9. The number of hydrogen-bond acceptors (Lipinski definition) is 11. The molecule has 2 unspecified atom stereocenters. The molecule has 0 bridgehead atoms. The van der Waals surface area contributed by atoms with Crippen LogP contribution in [0.15, 0.2) is 60.1 Å². The number of nitrogens with zero attached hydrogens (tertiary/aromatic N) is 7. The number of nitrogens with one attached hydrogen (secondary N) is 2. The first-order valence-corrected chi connectivity index (χ1v) is 23.2. The summed E-state index contributed by atoms with van der Waals surface area (Å²) >= 11 is 0. The Morgan fingerprint density at radius 2 is 1.39 bits per heavy atom. The third-order valence-corrected chi connectivity index (χ3v) is 14.1. The van der Waals surface area contributed by atoms with Crippen molar-refractivity contribution >= 4 is 48.7 Å². The van der Waals surface area contributed by atoms with Gasteiger partial charge in [-0.25, -0.2) is 9.97 Å². The van der Waals surface area contributed by atoms with Crippen LogP contribution in [0.3, 0.4) is 0 Å². The predicted molar refractivity (Wildman–Crippen MR) is 211 cm³/mol. The van der Waals surface area contributed by atoms with Gasteiger partial charge < -0.3 is 39.4 Å². The van der Waals surface area contributed by atoms with Gasteiger partial charge in [0.1, 0.15) is 42.9 Å². The van der Waals surface area contributed by atoms with Crippen LogP contribution >= 0.6 is 14.3 Å². The van der Waals surface area contributed by atoms with E-state index in [0.29, 0.717) is 68.7 Å². The zero-order chi connectivity index (χ0) is 40.6. The largest absolute Gasteiger partial charge is 0.421 e. The first-order valence-electron chi connectivity index (χ1n) is 18.2. The zero-order valence-electron chi connectivity index (χ0n) is 32.0. The monoisotopic (exact) mass is 825 g/mol. The molecule has 2 saturated heterocycles. The van der Waals surface area contributed by atoms with E-state index in [1.807, 2.05) is 23.9 Å². The lowest BCUT2D eigenvalue weighted by molar-refractivity contribution is -0.138. The van der Waals surface area contributed by atoms with Crippen LogP contribution in [0, 0.1) is 0 Å². The smallest absolute Gasteiger partial charge is 0.353 e. The number of allylic oxidation sites excluding steroid dienone is 2. The first-order chi connectivity index (χ1) is 26.2. The van der Waals surface area contributed by atoms with Crippen LogP contribution in [0.4, 0.5) is 55.4 Å². The van der Waals surface area contributed by atoms with Crippen molar-refractivity contribution in [2.75, 3.05) is 107 Å². The van der Waals surface area contributed by atoms with E-state index < -0.39 is 50.0 Å². The first kappa shape index (κ1) is 41.7. The van der Waals surface area contributed by atoms with Crippen molar-refractivity contribution in [3.63, 3.8) is 0 Å². The van der Waals surface area contributed by atoms with E-state index in [1.165, 1.54) is 12.7 Å². The van der Waals surface area contributed by atoms with Gasteiger partial charge >= 0.3 is 12.4 Å². The van der Waals surface area contributed by atoms with E-state index in [1.54, 1.807) is 65.6 Å². The second-order valence-electron chi connectivity index (χ2n) is 15.1. The standard InChI is InChI=1S/C37H47F6N9O2P2/c1-49-14-18-51(19-15-49)33-30(36(38,39)40)23-44-35(48-33)46-27-8-12-29(13-9-27)56(5,54)24-25-22-31(45-26-6-10-28(11-7-26)55(3,4)53)47-34(32(25)37(41,42)43)52-20-16-50(2)17-21-52/h6-8,10-13,22-23,27H,9,14-21,24H2,1-5H3,(H,45,47)(H,44,46,48). The number of pyridine rings is 1. The Balaban J connectivity index is 1.26. The molecule has 1 aromatic carbocycles. The maximum Gasteiger partial charge on any atom is 0.421 e. The SMILES string of the molecule is CN1CCN(c2nc(NC3C=CC(P(C)(=O)Cc4cc(Nc5ccc(P(C)(C)=O)cc5)nc(N5CCN(C)CC5)c4C(F)(F)F)=CC3)ncc2C(F)(F)F)CC1. The van der Waals surface area contributed by atoms with Gasteiger partial charge in [-0.15, -0.1) is 0 Å². The summed E-state index contributed by atoms with van der Waals surface area (Å²) in [5, 5.41) is 7.19. The number of anilines is 5. The molecule has 0 spiro atoms. The summed E-state index contributed by atoms with van der Waals surface area (Å²) in [5.41, 5.74) is -1.49. The average molecular weight is 826 g/mol. The van der Waals surface area contributed by atoms with Crippen molar-refractivity contribution in [2.24, 2.45) is 0 Å². The summed E-state index contributed by atoms with van der Waals surface area (Å²) in [6, 6.07) is 7.63. The highest BCUT2D eigenvalue weighted by Crippen LogP contribution is 2.57. The van der Waals surface area contributed by atoms with E-state index >= 15 is 13.2 Å². The van der Waals surface area contributed by atoms with Crippen LogP contribution in [0.25, 0.3) is 0 Å². The second kappa shape index (κ2) is 16.2. The zero-order valence-corrected chi connectivity index (χ0v) is 33.7. The molecule has 3 aromatic rings. The van der Waals surface area contributed by atoms with E-state index in [0.717, 1.165) is 6.20 Å². The lowest BCUT2D eigenvalue weighted by atomic mass is 10.1. The number of hydrogen-bond donors (Lipinski definition) is 2. The Morgan fingerprint density at radius 1 is 0.804 bits per heavy atom. The topological polar surface area (TPSA) is 110 Å². The van der Waals surface area contributed by atoms with Crippen LogP contribution in [0.5, 0.6) is 0 Å². The molecule has 0 amide bonds. The fourth-order valence-electron chi connectivity index (χ4n) is 6.93. The molecule has 11 nitrogen and oxygen atoms in total. The van der Waals surface area contributed by atoms with Gasteiger partial charge in [-0.05, 0) is 76.4 Å². The Bertz CT molecular complexity index is 2050. The number of aromatic nitrogens is 3. The molecular formula is C37H47F6N9O2P2. The van der Waals surface area contributed by atoms with Crippen LogP contribution in [0.1, 0.15) is 23.1 Å². The van der Waals surface area contributed by atoms with Gasteiger partial charge in [0.15, 0.2) is 0 Å². The third kappa shape index (κ3) is 9.96. The molecule has 0 radical (unpaired) electrons. The van der Waals surface area contributed by atoms with Gasteiger partial charge in [0.2, 0.25) is 5.95 Å². The Morgan fingerprint density at radius 3 is 1.91 bits per heavy atom. The minimum atomic E-state index is -4.80. The van der Waals surface area contributed by atoms with Crippen molar-refractivity contribution < 1.29 is 35.5 Å². The quantitative estimate of drug-likeness (QED) is 0.160. The molecule has 56 heavy (non-hydrogen) atoms. The highest BCUT2D eigenvalue weighted by molar-refractivity contribution is 7.70. The average Bonchev–Trinajstić information content (AvgIpc) is 3.11. The fraction of sp³-hybridized carbons (Fsp3) is 0.486. The molecule has 2 aliphatic heterocycles. The number of rotatable bonds is 10. The minimum absolute atomic E-state index is 0.00535. The lowest BCUT2D eigenvalue weighted by Gasteiger charge is -2.35. The lowest BCUT2D eigenvalue weighted by Crippen LogP contribution is -2.45. The third-order valence-electron chi connectivity index (χ3n) is 10.2. The van der Waals surface area contributed by atoms with Gasteiger partial charge in [-0.1, -0.05) is 18.2 Å². The van der Waals surface area contributed by atoms with Gasteiger partial charge in [-0.2, -0.15) is 31.3 Å². The van der Waals surface area contributed by atoms with Crippen molar-refractivity contribution in [2.45, 2.75) is 31.0 Å². The maximum atomic E-state index is 15.1. The second-order valence-corrected chi connectivity index (χ2v) is 21.4. The number of benzene rings is 1. The van der Waals surface area contributed by atoms with Gasteiger partial charge in [0.25, 0.3) is 0 Å². The van der Waals surface area contributed by atoms with E-state index in [4.69, 9.17) is 0 Å². The highest BCUT2D eigenvalue weighted by Gasteiger charge is 2.41. The molecule has 2 N–H and O–H groups in total. The van der Waals surface area contributed by atoms with Crippen LogP contribution < -0.4 is 25.7 Å². The molecule has 2 fully saturated rings. The summed E-state index contributed by atoms with van der Waals surface area (Å²) in [7, 11) is -2.22.